The van der Waals surface area contributed by atoms with Gasteiger partial charge in [0.1, 0.15) is 17.2 Å². The third-order valence-corrected chi connectivity index (χ3v) is 13.8. The highest BCUT2D eigenvalue weighted by molar-refractivity contribution is 5.81. The maximum atomic E-state index is 13.2. The molecule has 1 aromatic carbocycles. The molecule has 256 valence electrons. The summed E-state index contributed by atoms with van der Waals surface area (Å²) >= 11 is 0. The third kappa shape index (κ3) is 4.22. The zero-order valence-electron chi connectivity index (χ0n) is 29.6. The lowest BCUT2D eigenvalue weighted by Crippen LogP contribution is -2.84. The summed E-state index contributed by atoms with van der Waals surface area (Å²) in [5.74, 6) is -0.0965. The van der Waals surface area contributed by atoms with Gasteiger partial charge in [-0.25, -0.2) is 9.59 Å². The number of piperidine rings is 1. The number of nitrogens with one attached hydrogen (secondary N) is 1. The highest BCUT2D eigenvalue weighted by Gasteiger charge is 2.83. The minimum absolute atomic E-state index is 0.255. The summed E-state index contributed by atoms with van der Waals surface area (Å²) in [5, 5.41) is 24.9. The van der Waals surface area contributed by atoms with Crippen LogP contribution in [0.2, 0.25) is 0 Å². The fourth-order valence-electron chi connectivity index (χ4n) is 10.7. The Kier molecular flexibility index (Phi) is 7.71. The van der Waals surface area contributed by atoms with Crippen LogP contribution in [-0.2, 0) is 21.4 Å². The fourth-order valence-corrected chi connectivity index (χ4v) is 10.7. The zero-order chi connectivity index (χ0) is 33.8. The second-order valence-corrected chi connectivity index (χ2v) is 17.0. The number of nitrogens with zero attached hydrogens (tertiary/aromatic N) is 1. The van der Waals surface area contributed by atoms with Crippen molar-refractivity contribution < 1.29 is 34.0 Å². The van der Waals surface area contributed by atoms with E-state index >= 15 is 0 Å². The van der Waals surface area contributed by atoms with Gasteiger partial charge < -0.3 is 29.7 Å². The quantitative estimate of drug-likeness (QED) is 0.304. The van der Waals surface area contributed by atoms with Crippen LogP contribution in [0.4, 0.5) is 4.79 Å². The molecule has 2 heterocycles. The molecule has 8 atom stereocenters. The van der Waals surface area contributed by atoms with Crippen molar-refractivity contribution in [2.24, 2.45) is 28.6 Å². The molecule has 0 unspecified atom stereocenters. The largest absolute Gasteiger partial charge is 0.480 e. The second-order valence-electron chi connectivity index (χ2n) is 17.0. The monoisotopic (exact) mass is 640 g/mol. The first kappa shape index (κ1) is 33.5. The third-order valence-electron chi connectivity index (χ3n) is 13.8. The summed E-state index contributed by atoms with van der Waals surface area (Å²) < 4.78 is 20.1. The topological polar surface area (TPSA) is 118 Å². The van der Waals surface area contributed by atoms with E-state index in [0.29, 0.717) is 12.2 Å². The van der Waals surface area contributed by atoms with E-state index < -0.39 is 45.7 Å². The number of ether oxygens (including phenoxy) is 3. The Morgan fingerprint density at radius 2 is 1.85 bits per heavy atom. The minimum Gasteiger partial charge on any atom is -0.480 e. The van der Waals surface area contributed by atoms with E-state index in [-0.39, 0.29) is 29.0 Å². The van der Waals surface area contributed by atoms with Crippen molar-refractivity contribution in [3.05, 3.63) is 23.3 Å². The number of benzene rings is 1. The number of hydrogen-bond donors (Lipinski definition) is 3. The number of likely N-dealkylation sites (tertiary alicyclic amines) is 1. The lowest BCUT2D eigenvalue weighted by Gasteiger charge is -2.74. The van der Waals surface area contributed by atoms with Crippen LogP contribution in [0.25, 0.3) is 0 Å². The molecule has 3 N–H and O–H groups in total. The Balaban J connectivity index is 1.54. The lowest BCUT2D eigenvalue weighted by molar-refractivity contribution is -0.311. The van der Waals surface area contributed by atoms with E-state index in [1.54, 1.807) is 21.0 Å². The molecule has 5 aliphatic rings. The van der Waals surface area contributed by atoms with E-state index in [1.807, 2.05) is 13.0 Å². The van der Waals surface area contributed by atoms with E-state index in [9.17, 15) is 19.8 Å². The summed E-state index contributed by atoms with van der Waals surface area (Å²) in [6.07, 6.45) is 4.87. The summed E-state index contributed by atoms with van der Waals surface area (Å²) in [4.78, 5) is 27.8. The van der Waals surface area contributed by atoms with Gasteiger partial charge in [0.25, 0.3) is 0 Å². The number of rotatable bonds is 9. The van der Waals surface area contributed by atoms with Gasteiger partial charge in [-0.05, 0) is 93.2 Å². The molecule has 0 radical (unpaired) electrons. The zero-order valence-corrected chi connectivity index (χ0v) is 29.6. The number of aliphatic hydroxyl groups is 1. The molecule has 6 rings (SSSR count). The van der Waals surface area contributed by atoms with Crippen LogP contribution in [0.3, 0.4) is 0 Å². The summed E-state index contributed by atoms with van der Waals surface area (Å²) in [7, 11) is 1.76. The predicted molar refractivity (Wildman–Crippen MR) is 175 cm³/mol. The Labute approximate surface area is 274 Å². The first-order valence-corrected chi connectivity index (χ1v) is 17.4. The average Bonchev–Trinajstić information content (AvgIpc) is 3.72. The molecule has 1 spiro atoms. The highest BCUT2D eigenvalue weighted by atomic mass is 16.6. The second kappa shape index (κ2) is 10.6. The molecular formula is C37H56N2O7. The van der Waals surface area contributed by atoms with E-state index in [4.69, 9.17) is 14.2 Å². The van der Waals surface area contributed by atoms with Crippen LogP contribution in [0.1, 0.15) is 106 Å². The first-order chi connectivity index (χ1) is 21.3. The number of aliphatic carboxylic acids is 1. The number of carboxylic acids is 1. The number of carboxylic acid groups (broad SMARTS) is 1. The number of carbonyl (C=O) groups is 2. The number of methoxy groups -OCH3 is 1. The van der Waals surface area contributed by atoms with Crippen LogP contribution in [-0.4, -0.2) is 76.3 Å². The molecule has 9 heteroatoms. The smallest absolute Gasteiger partial charge is 0.413 e. The molecular weight excluding hydrogens is 584 g/mol. The standard InChI is InChI=1S/C37H56N2O7/c1-11-37(44-10)25(34(8,43)32(4,5)6)19-33(7)26-18-23-14-15-24(45-31(42)38-28(21(2)3)30(40)41)29-27(23)36(33,35(37,9)46-29)16-17-39(26)20-22-12-13-22/h14-15,21-22,25-26,28,43H,11-13,16-20H2,1-10H3,(H,38,42)(H,40,41)/t25-,26-,28-,33-,34-,35+,36-,37-/m1/s1. The van der Waals surface area contributed by atoms with Gasteiger partial charge >= 0.3 is 12.1 Å². The molecule has 1 saturated heterocycles. The van der Waals surface area contributed by atoms with E-state index in [1.165, 1.54) is 18.4 Å². The Morgan fingerprint density at radius 3 is 2.39 bits per heavy atom. The molecule has 0 aromatic heterocycles. The molecule has 2 saturated carbocycles. The van der Waals surface area contributed by atoms with Crippen LogP contribution in [0, 0.1) is 28.6 Å². The molecule has 3 fully saturated rings. The molecule has 46 heavy (non-hydrogen) atoms. The Morgan fingerprint density at radius 1 is 1.17 bits per heavy atom. The van der Waals surface area contributed by atoms with Crippen LogP contribution in [0.15, 0.2) is 12.1 Å². The number of amides is 1. The lowest BCUT2D eigenvalue weighted by atomic mass is 9.34. The van der Waals surface area contributed by atoms with Crippen molar-refractivity contribution in [2.45, 2.75) is 135 Å². The van der Waals surface area contributed by atoms with Crippen LogP contribution < -0.4 is 14.8 Å². The average molecular weight is 641 g/mol. The van der Waals surface area contributed by atoms with Gasteiger partial charge in [-0.15, -0.1) is 0 Å². The SMILES string of the molecule is CC[C@@]1(OC)[C@@H]([C@@](C)(O)C(C)(C)C)C[C@]2(C)[C@H]3Cc4ccc(OC(=O)N[C@@H](C(=O)O)C(C)C)c5c4[C@@]2(CCN3CC2CC2)[C@]1(C)O5. The first-order valence-electron chi connectivity index (χ1n) is 17.4. The van der Waals surface area contributed by atoms with E-state index in [0.717, 1.165) is 43.8 Å². The van der Waals surface area contributed by atoms with Crippen molar-refractivity contribution in [1.29, 1.82) is 0 Å². The molecule has 1 amide bonds. The maximum Gasteiger partial charge on any atom is 0.413 e. The van der Waals surface area contributed by atoms with Crippen molar-refractivity contribution in [2.75, 3.05) is 20.2 Å². The van der Waals surface area contributed by atoms with Gasteiger partial charge in [-0.1, -0.05) is 54.5 Å². The number of carbonyl (C=O) groups excluding carboxylic acids is 1. The van der Waals surface area contributed by atoms with Crippen molar-refractivity contribution in [1.82, 2.24) is 10.2 Å². The summed E-state index contributed by atoms with van der Waals surface area (Å²) in [6, 6.07) is 3.06. The fraction of sp³-hybridized carbons (Fsp3) is 0.784. The summed E-state index contributed by atoms with van der Waals surface area (Å²) in [6.45, 7) is 20.6. The Bertz CT molecular complexity index is 1410. The summed E-state index contributed by atoms with van der Waals surface area (Å²) in [5.41, 5.74) is -1.75. The molecule has 9 nitrogen and oxygen atoms in total. The molecule has 2 bridgehead atoms. The maximum absolute atomic E-state index is 13.2. The number of hydrogen-bond acceptors (Lipinski definition) is 7. The Hall–Kier alpha value is -2.36. The van der Waals surface area contributed by atoms with Crippen LogP contribution >= 0.6 is 0 Å². The molecule has 1 aromatic rings. The predicted octanol–water partition coefficient (Wildman–Crippen LogP) is 5.93. The van der Waals surface area contributed by atoms with Gasteiger partial charge in [0.15, 0.2) is 11.5 Å². The molecule has 2 aliphatic heterocycles. The highest BCUT2D eigenvalue weighted by Crippen LogP contribution is 2.77. The minimum atomic E-state index is -1.11. The van der Waals surface area contributed by atoms with Gasteiger partial charge in [-0.2, -0.15) is 0 Å². The van der Waals surface area contributed by atoms with Crippen molar-refractivity contribution in [3.8, 4) is 11.5 Å². The van der Waals surface area contributed by atoms with Crippen molar-refractivity contribution >= 4 is 12.1 Å². The van der Waals surface area contributed by atoms with Crippen molar-refractivity contribution in [3.63, 3.8) is 0 Å². The van der Waals surface area contributed by atoms with Crippen LogP contribution in [0.5, 0.6) is 11.5 Å². The van der Waals surface area contributed by atoms with Gasteiger partial charge in [0.2, 0.25) is 0 Å². The van der Waals surface area contributed by atoms with Gasteiger partial charge in [0, 0.05) is 36.6 Å². The normalized spacial score (nSPS) is 36.8. The molecule has 3 aliphatic carbocycles. The van der Waals surface area contributed by atoms with Gasteiger partial charge in [-0.3, -0.25) is 4.90 Å². The van der Waals surface area contributed by atoms with E-state index in [2.05, 4.69) is 57.8 Å². The van der Waals surface area contributed by atoms with Gasteiger partial charge in [0.05, 0.1) is 5.60 Å².